The highest BCUT2D eigenvalue weighted by molar-refractivity contribution is 7.16. The molecule has 3 atom stereocenters. The van der Waals surface area contributed by atoms with Crippen molar-refractivity contribution in [2.45, 2.75) is 56.8 Å². The van der Waals surface area contributed by atoms with Gasteiger partial charge in [0.15, 0.2) is 0 Å². The predicted molar refractivity (Wildman–Crippen MR) is 73.6 cm³/mol. The zero-order chi connectivity index (χ0) is 12.0. The van der Waals surface area contributed by atoms with Crippen LogP contribution in [-0.4, -0.2) is 23.0 Å². The molecule has 2 bridgehead atoms. The van der Waals surface area contributed by atoms with Crippen LogP contribution >= 0.6 is 22.9 Å². The van der Waals surface area contributed by atoms with Gasteiger partial charge in [0, 0.05) is 29.0 Å². The molecule has 3 rings (SSSR count). The normalized spacial score (nSPS) is 35.1. The molecule has 2 nitrogen and oxygen atoms in total. The van der Waals surface area contributed by atoms with Crippen LogP contribution in [0.1, 0.15) is 43.5 Å². The van der Waals surface area contributed by atoms with Crippen molar-refractivity contribution in [3.05, 3.63) is 21.3 Å². The second kappa shape index (κ2) is 4.54. The summed E-state index contributed by atoms with van der Waals surface area (Å²) in [5.41, 5.74) is 6.12. The number of fused-ring (bicyclic) bond motifs is 2. The zero-order valence-corrected chi connectivity index (χ0v) is 11.7. The first kappa shape index (κ1) is 12.0. The van der Waals surface area contributed by atoms with Crippen molar-refractivity contribution in [1.29, 1.82) is 0 Å². The number of piperidine rings is 1. The van der Waals surface area contributed by atoms with Crippen LogP contribution in [0.3, 0.4) is 0 Å². The molecule has 1 aromatic rings. The number of nitrogens with zero attached hydrogens (tertiary/aromatic N) is 1. The molecule has 0 spiro atoms. The maximum atomic E-state index is 6.12. The average molecular weight is 271 g/mol. The van der Waals surface area contributed by atoms with Gasteiger partial charge in [-0.05, 0) is 44.7 Å². The third-order valence-electron chi connectivity index (χ3n) is 4.28. The van der Waals surface area contributed by atoms with E-state index in [1.165, 1.54) is 30.6 Å². The van der Waals surface area contributed by atoms with E-state index in [1.807, 2.05) is 6.07 Å². The second-order valence-corrected chi connectivity index (χ2v) is 7.13. The van der Waals surface area contributed by atoms with Gasteiger partial charge in [0.25, 0.3) is 0 Å². The predicted octanol–water partition coefficient (Wildman–Crippen LogP) is 3.42. The first-order valence-corrected chi connectivity index (χ1v) is 7.63. The number of halogens is 1. The van der Waals surface area contributed by atoms with Gasteiger partial charge in [-0.3, -0.25) is 4.90 Å². The van der Waals surface area contributed by atoms with Gasteiger partial charge in [0.2, 0.25) is 0 Å². The summed E-state index contributed by atoms with van der Waals surface area (Å²) in [7, 11) is 0. The van der Waals surface area contributed by atoms with Gasteiger partial charge in [-0.2, -0.15) is 0 Å². The highest BCUT2D eigenvalue weighted by atomic mass is 35.5. The molecule has 0 aromatic carbocycles. The van der Waals surface area contributed by atoms with Gasteiger partial charge in [0.1, 0.15) is 0 Å². The van der Waals surface area contributed by atoms with Crippen LogP contribution in [0.15, 0.2) is 12.1 Å². The van der Waals surface area contributed by atoms with Crippen molar-refractivity contribution in [3.8, 4) is 0 Å². The molecule has 1 aromatic heterocycles. The summed E-state index contributed by atoms with van der Waals surface area (Å²) in [6.07, 6.45) is 4.98. The van der Waals surface area contributed by atoms with Crippen LogP contribution in [0, 0.1) is 0 Å². The number of rotatable bonds is 2. The van der Waals surface area contributed by atoms with Gasteiger partial charge >= 0.3 is 0 Å². The lowest BCUT2D eigenvalue weighted by Crippen LogP contribution is -2.48. The van der Waals surface area contributed by atoms with Gasteiger partial charge < -0.3 is 5.73 Å². The third-order valence-corrected chi connectivity index (χ3v) is 5.68. The minimum Gasteiger partial charge on any atom is -0.328 e. The van der Waals surface area contributed by atoms with Crippen molar-refractivity contribution in [2.24, 2.45) is 5.73 Å². The molecular weight excluding hydrogens is 252 g/mol. The molecule has 0 amide bonds. The van der Waals surface area contributed by atoms with Gasteiger partial charge in [-0.25, -0.2) is 0 Å². The Morgan fingerprint density at radius 1 is 1.35 bits per heavy atom. The second-order valence-electron chi connectivity index (χ2n) is 5.38. The standard InChI is InChI=1S/C13H19ClN2S/c1-8(12-4-5-13(14)17-12)16-10-2-3-11(16)7-9(15)6-10/h4-5,8-11H,2-3,6-7,15H2,1H3. The van der Waals surface area contributed by atoms with E-state index in [4.69, 9.17) is 17.3 Å². The van der Waals surface area contributed by atoms with Crippen molar-refractivity contribution in [3.63, 3.8) is 0 Å². The van der Waals surface area contributed by atoms with Crippen LogP contribution in [0.5, 0.6) is 0 Å². The molecule has 4 heteroatoms. The lowest BCUT2D eigenvalue weighted by atomic mass is 9.96. The zero-order valence-electron chi connectivity index (χ0n) is 10.1. The number of nitrogens with two attached hydrogens (primary N) is 1. The SMILES string of the molecule is CC(c1ccc(Cl)s1)N1C2CCC1CC(N)C2. The van der Waals surface area contributed by atoms with Gasteiger partial charge in [-0.15, -0.1) is 11.3 Å². The van der Waals surface area contributed by atoms with E-state index in [1.54, 1.807) is 11.3 Å². The van der Waals surface area contributed by atoms with Gasteiger partial charge in [-0.1, -0.05) is 11.6 Å². The smallest absolute Gasteiger partial charge is 0.0931 e. The summed E-state index contributed by atoms with van der Waals surface area (Å²) >= 11 is 7.75. The van der Waals surface area contributed by atoms with E-state index in [2.05, 4.69) is 17.9 Å². The topological polar surface area (TPSA) is 29.3 Å². The molecule has 3 unspecified atom stereocenters. The third kappa shape index (κ3) is 2.14. The largest absolute Gasteiger partial charge is 0.328 e. The lowest BCUT2D eigenvalue weighted by Gasteiger charge is -2.41. The Kier molecular flexibility index (Phi) is 3.20. The Morgan fingerprint density at radius 2 is 2.00 bits per heavy atom. The van der Waals surface area contributed by atoms with Gasteiger partial charge in [0.05, 0.1) is 4.34 Å². The van der Waals surface area contributed by atoms with Crippen molar-refractivity contribution < 1.29 is 0 Å². The summed E-state index contributed by atoms with van der Waals surface area (Å²) in [6, 6.07) is 6.49. The van der Waals surface area contributed by atoms with E-state index >= 15 is 0 Å². The molecule has 3 heterocycles. The Labute approximate surface area is 112 Å². The Bertz CT molecular complexity index is 392. The van der Waals surface area contributed by atoms with E-state index in [-0.39, 0.29) is 0 Å². The summed E-state index contributed by atoms with van der Waals surface area (Å²) in [6.45, 7) is 2.31. The summed E-state index contributed by atoms with van der Waals surface area (Å²) in [5.74, 6) is 0. The van der Waals surface area contributed by atoms with Crippen molar-refractivity contribution >= 4 is 22.9 Å². The fourth-order valence-electron chi connectivity index (χ4n) is 3.59. The molecule has 2 fully saturated rings. The minimum absolute atomic E-state index is 0.419. The van der Waals surface area contributed by atoms with Crippen LogP contribution < -0.4 is 5.73 Å². The summed E-state index contributed by atoms with van der Waals surface area (Å²) in [4.78, 5) is 4.08. The van der Waals surface area contributed by atoms with Crippen LogP contribution in [-0.2, 0) is 0 Å². The molecule has 2 aliphatic heterocycles. The van der Waals surface area contributed by atoms with E-state index in [0.717, 1.165) is 4.34 Å². The summed E-state index contributed by atoms with van der Waals surface area (Å²) in [5, 5.41) is 0. The molecule has 2 N–H and O–H groups in total. The Hall–Kier alpha value is -0.0900. The van der Waals surface area contributed by atoms with E-state index < -0.39 is 0 Å². The molecule has 94 valence electrons. The fourth-order valence-corrected chi connectivity index (χ4v) is 4.71. The lowest BCUT2D eigenvalue weighted by molar-refractivity contribution is 0.0870. The first-order valence-electron chi connectivity index (χ1n) is 6.43. The molecule has 0 radical (unpaired) electrons. The van der Waals surface area contributed by atoms with Crippen molar-refractivity contribution in [2.75, 3.05) is 0 Å². The Balaban J connectivity index is 1.81. The van der Waals surface area contributed by atoms with Crippen LogP contribution in [0.2, 0.25) is 4.34 Å². The molecule has 0 saturated carbocycles. The van der Waals surface area contributed by atoms with Crippen molar-refractivity contribution in [1.82, 2.24) is 4.90 Å². The van der Waals surface area contributed by atoms with Crippen LogP contribution in [0.4, 0.5) is 0 Å². The molecule has 2 aliphatic rings. The fraction of sp³-hybridized carbons (Fsp3) is 0.692. The quantitative estimate of drug-likeness (QED) is 0.892. The monoisotopic (exact) mass is 270 g/mol. The number of hydrogen-bond donors (Lipinski definition) is 1. The molecule has 2 saturated heterocycles. The van der Waals surface area contributed by atoms with E-state index in [0.29, 0.717) is 24.2 Å². The first-order chi connectivity index (χ1) is 8.15. The average Bonchev–Trinajstić information content (AvgIpc) is 2.81. The number of thiophene rings is 1. The Morgan fingerprint density at radius 3 is 2.53 bits per heavy atom. The maximum Gasteiger partial charge on any atom is 0.0931 e. The maximum absolute atomic E-state index is 6.12. The molecule has 0 aliphatic carbocycles. The van der Waals surface area contributed by atoms with E-state index in [9.17, 15) is 0 Å². The highest BCUT2D eigenvalue weighted by Gasteiger charge is 2.42. The minimum atomic E-state index is 0.419. The highest BCUT2D eigenvalue weighted by Crippen LogP contribution is 2.42. The molecular formula is C13H19ClN2S. The molecule has 17 heavy (non-hydrogen) atoms. The number of hydrogen-bond acceptors (Lipinski definition) is 3. The van der Waals surface area contributed by atoms with Crippen LogP contribution in [0.25, 0.3) is 0 Å². The summed E-state index contributed by atoms with van der Waals surface area (Å²) < 4.78 is 0.896.